The molecule has 0 amide bonds. The second-order valence-corrected chi connectivity index (χ2v) is 5.65. The number of benzene rings is 2. The average Bonchev–Trinajstić information content (AvgIpc) is 2.67. The summed E-state index contributed by atoms with van der Waals surface area (Å²) >= 11 is 0. The van der Waals surface area contributed by atoms with E-state index in [2.05, 4.69) is 9.97 Å². The fourth-order valence-electron chi connectivity index (χ4n) is 2.69. The van der Waals surface area contributed by atoms with Crippen molar-refractivity contribution in [3.8, 4) is 11.5 Å². The van der Waals surface area contributed by atoms with Crippen molar-refractivity contribution in [1.82, 2.24) is 9.97 Å². The SMILES string of the molecule is O=C([O-])c1c(O)cnc2ccccc12.O=C([O-])c1c(O)cnc2ccccc12.[Ca+2]. The van der Waals surface area contributed by atoms with Crippen LogP contribution in [0.2, 0.25) is 0 Å². The molecule has 2 N–H and O–H groups in total. The zero-order valence-electron chi connectivity index (χ0n) is 14.9. The summed E-state index contributed by atoms with van der Waals surface area (Å²) in [6.07, 6.45) is 2.21. The van der Waals surface area contributed by atoms with Gasteiger partial charge in [-0.05, 0) is 12.1 Å². The van der Waals surface area contributed by atoms with Gasteiger partial charge < -0.3 is 30.0 Å². The van der Waals surface area contributed by atoms with Crippen LogP contribution in [0.3, 0.4) is 0 Å². The topological polar surface area (TPSA) is 146 Å². The first-order chi connectivity index (χ1) is 13.4. The van der Waals surface area contributed by atoms with Crippen molar-refractivity contribution in [1.29, 1.82) is 0 Å². The molecule has 4 rings (SSSR count). The molecule has 0 aliphatic carbocycles. The molecule has 4 aromatic rings. The Hall–Kier alpha value is -2.94. The fourth-order valence-corrected chi connectivity index (χ4v) is 2.69. The minimum Gasteiger partial charge on any atom is -0.545 e. The molecular weight excluding hydrogens is 404 g/mol. The third kappa shape index (κ3) is 4.73. The molecule has 0 aliphatic heterocycles. The van der Waals surface area contributed by atoms with Crippen LogP contribution in [-0.2, 0) is 0 Å². The van der Waals surface area contributed by atoms with E-state index in [1.807, 2.05) is 0 Å². The van der Waals surface area contributed by atoms with Crippen LogP contribution in [0.1, 0.15) is 20.7 Å². The van der Waals surface area contributed by atoms with E-state index in [9.17, 15) is 30.0 Å². The van der Waals surface area contributed by atoms with Crippen molar-refractivity contribution < 1.29 is 30.0 Å². The van der Waals surface area contributed by atoms with Crippen LogP contribution in [0.5, 0.6) is 11.5 Å². The first kappa shape index (κ1) is 22.3. The van der Waals surface area contributed by atoms with Gasteiger partial charge in [-0.1, -0.05) is 36.4 Å². The van der Waals surface area contributed by atoms with Gasteiger partial charge in [0.1, 0.15) is 11.5 Å². The van der Waals surface area contributed by atoms with Crippen molar-refractivity contribution in [2.45, 2.75) is 0 Å². The van der Waals surface area contributed by atoms with Crippen LogP contribution >= 0.6 is 0 Å². The molecule has 29 heavy (non-hydrogen) atoms. The average molecular weight is 416 g/mol. The molecule has 140 valence electrons. The number of para-hydroxylation sites is 2. The molecule has 8 nitrogen and oxygen atoms in total. The van der Waals surface area contributed by atoms with E-state index in [0.29, 0.717) is 21.8 Å². The number of nitrogens with zero attached hydrogens (tertiary/aromatic N) is 2. The predicted octanol–water partition coefficient (Wildman–Crippen LogP) is 0.227. The van der Waals surface area contributed by atoms with E-state index < -0.39 is 11.9 Å². The maximum atomic E-state index is 10.7. The number of carboxylic acids is 2. The van der Waals surface area contributed by atoms with Gasteiger partial charge in [0.05, 0.1) is 46.5 Å². The Labute approximate surface area is 194 Å². The Kier molecular flexibility index (Phi) is 7.33. The number of pyridine rings is 2. The number of hydrogen-bond acceptors (Lipinski definition) is 8. The van der Waals surface area contributed by atoms with Crippen LogP contribution in [-0.4, -0.2) is 69.9 Å². The first-order valence-corrected chi connectivity index (χ1v) is 7.96. The van der Waals surface area contributed by atoms with Crippen molar-refractivity contribution >= 4 is 71.5 Å². The summed E-state index contributed by atoms with van der Waals surface area (Å²) in [6.45, 7) is 0. The zero-order valence-corrected chi connectivity index (χ0v) is 17.1. The molecule has 2 aromatic carbocycles. The van der Waals surface area contributed by atoms with Crippen LogP contribution in [0.4, 0.5) is 0 Å². The largest absolute Gasteiger partial charge is 2.00 e. The van der Waals surface area contributed by atoms with Gasteiger partial charge in [0.15, 0.2) is 0 Å². The molecule has 0 radical (unpaired) electrons. The number of carbonyl (C=O) groups excluding carboxylic acids is 2. The summed E-state index contributed by atoms with van der Waals surface area (Å²) in [4.78, 5) is 29.2. The maximum Gasteiger partial charge on any atom is 2.00 e. The van der Waals surface area contributed by atoms with Gasteiger partial charge >= 0.3 is 37.7 Å². The summed E-state index contributed by atoms with van der Waals surface area (Å²) < 4.78 is 0. The minimum atomic E-state index is -1.40. The molecule has 2 aromatic heterocycles. The van der Waals surface area contributed by atoms with Crippen LogP contribution in [0.15, 0.2) is 60.9 Å². The van der Waals surface area contributed by atoms with Gasteiger partial charge in [-0.2, -0.15) is 0 Å². The number of carbonyl (C=O) groups is 2. The third-order valence-electron chi connectivity index (χ3n) is 3.92. The van der Waals surface area contributed by atoms with Crippen LogP contribution in [0.25, 0.3) is 21.8 Å². The fraction of sp³-hybridized carbons (Fsp3) is 0. The summed E-state index contributed by atoms with van der Waals surface area (Å²) in [5.74, 6) is -3.55. The number of aromatic hydroxyl groups is 2. The number of fused-ring (bicyclic) bond motifs is 2. The molecule has 0 atom stereocenters. The quantitative estimate of drug-likeness (QED) is 0.441. The maximum absolute atomic E-state index is 10.7. The molecule has 0 bridgehead atoms. The molecular formula is C20H12CaN2O6. The van der Waals surface area contributed by atoms with Gasteiger partial charge in [-0.25, -0.2) is 0 Å². The van der Waals surface area contributed by atoms with Crippen LogP contribution < -0.4 is 10.2 Å². The Balaban J connectivity index is 0.000000200. The van der Waals surface area contributed by atoms with E-state index >= 15 is 0 Å². The Morgan fingerprint density at radius 2 is 1.03 bits per heavy atom. The van der Waals surface area contributed by atoms with Crippen molar-refractivity contribution in [2.24, 2.45) is 0 Å². The molecule has 0 unspecified atom stereocenters. The molecule has 0 fully saturated rings. The van der Waals surface area contributed by atoms with E-state index in [1.165, 1.54) is 0 Å². The normalized spacial score (nSPS) is 9.93. The smallest absolute Gasteiger partial charge is 0.545 e. The monoisotopic (exact) mass is 416 g/mol. The standard InChI is InChI=1S/2C10H7NO3.Ca/c2*12-8-5-11-7-4-2-1-3-6(7)9(8)10(13)14;/h2*1-5,12H,(H,13,14);/q;;+2/p-2. The van der Waals surface area contributed by atoms with Gasteiger partial charge in [0, 0.05) is 10.8 Å². The van der Waals surface area contributed by atoms with Gasteiger partial charge in [-0.3, -0.25) is 9.97 Å². The molecule has 0 saturated heterocycles. The molecule has 0 saturated carbocycles. The second-order valence-electron chi connectivity index (χ2n) is 5.65. The molecule has 0 aliphatic rings. The number of aromatic nitrogens is 2. The zero-order chi connectivity index (χ0) is 20.3. The van der Waals surface area contributed by atoms with Gasteiger partial charge in [0.25, 0.3) is 0 Å². The van der Waals surface area contributed by atoms with Crippen molar-refractivity contribution in [3.63, 3.8) is 0 Å². The van der Waals surface area contributed by atoms with Crippen molar-refractivity contribution in [2.75, 3.05) is 0 Å². The van der Waals surface area contributed by atoms with Crippen molar-refractivity contribution in [3.05, 3.63) is 72.1 Å². The number of carboxylic acid groups (broad SMARTS) is 2. The van der Waals surface area contributed by atoms with E-state index in [0.717, 1.165) is 12.4 Å². The van der Waals surface area contributed by atoms with E-state index in [1.54, 1.807) is 48.5 Å². The van der Waals surface area contributed by atoms with Crippen LogP contribution in [0, 0.1) is 0 Å². The first-order valence-electron chi connectivity index (χ1n) is 7.96. The Morgan fingerprint density at radius 3 is 1.38 bits per heavy atom. The Morgan fingerprint density at radius 1 is 0.690 bits per heavy atom. The number of rotatable bonds is 2. The Bertz CT molecular complexity index is 1120. The van der Waals surface area contributed by atoms with E-state index in [-0.39, 0.29) is 60.4 Å². The van der Waals surface area contributed by atoms with Gasteiger partial charge in [-0.15, -0.1) is 0 Å². The molecule has 0 spiro atoms. The third-order valence-corrected chi connectivity index (χ3v) is 3.92. The predicted molar refractivity (Wildman–Crippen MR) is 101 cm³/mol. The van der Waals surface area contributed by atoms with E-state index in [4.69, 9.17) is 0 Å². The summed E-state index contributed by atoms with van der Waals surface area (Å²) in [6, 6.07) is 13.3. The summed E-state index contributed by atoms with van der Waals surface area (Å²) in [5, 5.41) is 40.8. The molecule has 9 heteroatoms. The summed E-state index contributed by atoms with van der Waals surface area (Å²) in [7, 11) is 0. The summed E-state index contributed by atoms with van der Waals surface area (Å²) in [5.41, 5.74) is 0.611. The molecule has 2 heterocycles. The minimum absolute atomic E-state index is 0. The second kappa shape index (κ2) is 9.51. The number of aromatic carboxylic acids is 2. The number of hydrogen-bond donors (Lipinski definition) is 2. The van der Waals surface area contributed by atoms with Gasteiger partial charge in [0.2, 0.25) is 0 Å².